The van der Waals surface area contributed by atoms with Crippen LogP contribution in [0.4, 0.5) is 0 Å². The quantitative estimate of drug-likeness (QED) is 0.809. The van der Waals surface area contributed by atoms with Gasteiger partial charge in [0.15, 0.2) is 0 Å². The minimum Gasteiger partial charge on any atom is -0.459 e. The average molecular weight is 320 g/mol. The van der Waals surface area contributed by atoms with E-state index in [-0.39, 0.29) is 35.9 Å². The number of rotatable bonds is 5. The predicted octanol–water partition coefficient (Wildman–Crippen LogP) is 4.56. The van der Waals surface area contributed by atoms with Crippen molar-refractivity contribution in [1.82, 2.24) is 0 Å². The number of hydrogen-bond acceptors (Lipinski definition) is 4. The van der Waals surface area contributed by atoms with E-state index < -0.39 is 0 Å². The van der Waals surface area contributed by atoms with Crippen molar-refractivity contribution in [3.05, 3.63) is 21.9 Å². The topological polar surface area (TPSA) is 52.3 Å². The largest absolute Gasteiger partial charge is 0.459 e. The zero-order chi connectivity index (χ0) is 14.6. The molecule has 20 heavy (non-hydrogen) atoms. The van der Waals surface area contributed by atoms with E-state index in [1.165, 1.54) is 11.3 Å². The lowest BCUT2D eigenvalue weighted by Crippen LogP contribution is -2.13. The lowest BCUT2D eigenvalue weighted by molar-refractivity contribution is 0.0384. The van der Waals surface area contributed by atoms with Gasteiger partial charge < -0.3 is 10.5 Å². The lowest BCUT2D eigenvalue weighted by Gasteiger charge is -2.20. The molecule has 0 saturated heterocycles. The third kappa shape index (κ3) is 6.73. The van der Waals surface area contributed by atoms with E-state index in [0.29, 0.717) is 4.88 Å². The fraction of sp³-hybridized carbons (Fsp3) is 0.667. The van der Waals surface area contributed by atoms with Crippen molar-refractivity contribution in [1.29, 1.82) is 0 Å². The highest BCUT2D eigenvalue weighted by Crippen LogP contribution is 2.29. The van der Waals surface area contributed by atoms with Crippen molar-refractivity contribution in [3.63, 3.8) is 0 Å². The van der Waals surface area contributed by atoms with Crippen molar-refractivity contribution in [2.45, 2.75) is 59.6 Å². The Balaban J connectivity index is 0.00000361. The van der Waals surface area contributed by atoms with Gasteiger partial charge in [0.1, 0.15) is 4.88 Å². The number of carbonyl (C=O) groups excluding carboxylic acids is 1. The molecule has 0 aliphatic carbocycles. The summed E-state index contributed by atoms with van der Waals surface area (Å²) in [6, 6.07) is 3.75. The second kappa shape index (κ2) is 8.01. The van der Waals surface area contributed by atoms with Gasteiger partial charge in [-0.05, 0) is 44.2 Å². The van der Waals surface area contributed by atoms with Crippen LogP contribution in [0.2, 0.25) is 0 Å². The van der Waals surface area contributed by atoms with Gasteiger partial charge in [-0.15, -0.1) is 23.7 Å². The fourth-order valence-corrected chi connectivity index (χ4v) is 2.59. The molecule has 1 atom stereocenters. The molecule has 1 heterocycles. The molecule has 0 bridgehead atoms. The van der Waals surface area contributed by atoms with E-state index in [9.17, 15) is 4.79 Å². The molecule has 0 aliphatic rings. The zero-order valence-corrected chi connectivity index (χ0v) is 14.6. The number of halogens is 1. The number of ether oxygens (including phenoxy) is 1. The first kappa shape index (κ1) is 19.4. The first-order chi connectivity index (χ1) is 8.69. The maximum absolute atomic E-state index is 11.8. The highest BCUT2D eigenvalue weighted by molar-refractivity contribution is 7.14. The Kier molecular flexibility index (Phi) is 7.78. The Labute approximate surface area is 132 Å². The normalized spacial score (nSPS) is 12.9. The van der Waals surface area contributed by atoms with Crippen molar-refractivity contribution in [2.24, 2.45) is 11.1 Å². The van der Waals surface area contributed by atoms with E-state index in [2.05, 4.69) is 20.8 Å². The average Bonchev–Trinajstić information content (AvgIpc) is 2.73. The molecular formula is C15H26ClNO2S. The molecule has 0 aromatic carbocycles. The van der Waals surface area contributed by atoms with Gasteiger partial charge >= 0.3 is 5.97 Å². The van der Waals surface area contributed by atoms with Crippen LogP contribution in [0.1, 0.15) is 68.1 Å². The van der Waals surface area contributed by atoms with Crippen LogP contribution in [-0.2, 0) is 4.74 Å². The molecule has 0 aliphatic heterocycles. The third-order valence-electron chi connectivity index (χ3n) is 2.74. The second-order valence-electron chi connectivity index (χ2n) is 6.36. The van der Waals surface area contributed by atoms with Crippen molar-refractivity contribution < 1.29 is 9.53 Å². The van der Waals surface area contributed by atoms with Gasteiger partial charge in [-0.25, -0.2) is 4.79 Å². The molecule has 2 N–H and O–H groups in total. The number of carbonyl (C=O) groups is 1. The highest BCUT2D eigenvalue weighted by Gasteiger charge is 2.18. The Morgan fingerprint density at radius 1 is 1.35 bits per heavy atom. The molecule has 0 spiro atoms. The van der Waals surface area contributed by atoms with Gasteiger partial charge in [-0.1, -0.05) is 20.8 Å². The lowest BCUT2D eigenvalue weighted by atomic mass is 9.88. The van der Waals surface area contributed by atoms with E-state index in [0.717, 1.165) is 17.7 Å². The Morgan fingerprint density at radius 3 is 2.45 bits per heavy atom. The third-order valence-corrected chi connectivity index (χ3v) is 3.94. The van der Waals surface area contributed by atoms with Gasteiger partial charge in [-0.2, -0.15) is 0 Å². The second-order valence-corrected chi connectivity index (χ2v) is 7.48. The molecule has 1 rings (SSSR count). The van der Waals surface area contributed by atoms with Crippen LogP contribution >= 0.6 is 23.7 Å². The number of nitrogens with two attached hydrogens (primary N) is 1. The summed E-state index contributed by atoms with van der Waals surface area (Å²) in [7, 11) is 0. The molecule has 1 aromatic heterocycles. The first-order valence-electron chi connectivity index (χ1n) is 6.75. The van der Waals surface area contributed by atoms with Crippen molar-refractivity contribution in [3.8, 4) is 0 Å². The van der Waals surface area contributed by atoms with Crippen LogP contribution in [0, 0.1) is 5.41 Å². The van der Waals surface area contributed by atoms with E-state index in [4.69, 9.17) is 10.5 Å². The Bertz CT molecular complexity index is 424. The summed E-state index contributed by atoms with van der Waals surface area (Å²) >= 11 is 1.44. The molecule has 1 unspecified atom stereocenters. The summed E-state index contributed by atoms with van der Waals surface area (Å²) in [6.45, 7) is 10.3. The molecule has 116 valence electrons. The summed E-state index contributed by atoms with van der Waals surface area (Å²) in [6.07, 6.45) is 1.91. The zero-order valence-electron chi connectivity index (χ0n) is 12.9. The SMILES string of the molecule is CC(C)OC(=O)c1ccc(C(N)CCC(C)(C)C)s1.Cl. The van der Waals surface area contributed by atoms with Gasteiger partial charge in [-0.3, -0.25) is 0 Å². The van der Waals surface area contributed by atoms with E-state index in [1.54, 1.807) is 0 Å². The summed E-state index contributed by atoms with van der Waals surface area (Å²) in [4.78, 5) is 13.4. The van der Waals surface area contributed by atoms with Gasteiger partial charge in [0.05, 0.1) is 6.10 Å². The monoisotopic (exact) mass is 319 g/mol. The molecule has 0 amide bonds. The maximum atomic E-state index is 11.8. The van der Waals surface area contributed by atoms with Crippen LogP contribution in [0.5, 0.6) is 0 Å². The maximum Gasteiger partial charge on any atom is 0.348 e. The van der Waals surface area contributed by atoms with Crippen LogP contribution in [0.15, 0.2) is 12.1 Å². The summed E-state index contributed by atoms with van der Waals surface area (Å²) in [5, 5.41) is 0. The van der Waals surface area contributed by atoms with Gasteiger partial charge in [0.25, 0.3) is 0 Å². The Hall–Kier alpha value is -0.580. The van der Waals surface area contributed by atoms with Crippen LogP contribution < -0.4 is 5.73 Å². The molecule has 0 radical (unpaired) electrons. The first-order valence-corrected chi connectivity index (χ1v) is 7.57. The van der Waals surface area contributed by atoms with Crippen molar-refractivity contribution >= 4 is 29.7 Å². The van der Waals surface area contributed by atoms with Crippen LogP contribution in [0.3, 0.4) is 0 Å². The van der Waals surface area contributed by atoms with Gasteiger partial charge in [0, 0.05) is 10.9 Å². The standard InChI is InChI=1S/C15H25NO2S.ClH/c1-10(2)18-14(17)13-7-6-12(19-13)11(16)8-9-15(3,4)5;/h6-7,10-11H,8-9,16H2,1-5H3;1H. The minimum absolute atomic E-state index is 0. The summed E-state index contributed by atoms with van der Waals surface area (Å²) in [5.74, 6) is -0.255. The van der Waals surface area contributed by atoms with E-state index in [1.807, 2.05) is 26.0 Å². The highest BCUT2D eigenvalue weighted by atomic mass is 35.5. The number of thiophene rings is 1. The minimum atomic E-state index is -0.255. The molecule has 5 heteroatoms. The molecule has 3 nitrogen and oxygen atoms in total. The number of esters is 1. The number of hydrogen-bond donors (Lipinski definition) is 1. The Morgan fingerprint density at radius 2 is 1.95 bits per heavy atom. The van der Waals surface area contributed by atoms with E-state index >= 15 is 0 Å². The molecule has 0 saturated carbocycles. The van der Waals surface area contributed by atoms with Crippen LogP contribution in [-0.4, -0.2) is 12.1 Å². The molecular weight excluding hydrogens is 294 g/mol. The summed E-state index contributed by atoms with van der Waals surface area (Å²) in [5.41, 5.74) is 6.46. The molecule has 0 fully saturated rings. The van der Waals surface area contributed by atoms with Gasteiger partial charge in [0.2, 0.25) is 0 Å². The summed E-state index contributed by atoms with van der Waals surface area (Å²) < 4.78 is 5.17. The fourth-order valence-electron chi connectivity index (χ4n) is 1.66. The van der Waals surface area contributed by atoms with Crippen LogP contribution in [0.25, 0.3) is 0 Å². The molecule has 1 aromatic rings. The van der Waals surface area contributed by atoms with Crippen molar-refractivity contribution in [2.75, 3.05) is 0 Å². The predicted molar refractivity (Wildman–Crippen MR) is 87.7 cm³/mol. The smallest absolute Gasteiger partial charge is 0.348 e.